The highest BCUT2D eigenvalue weighted by Crippen LogP contribution is 2.20. The van der Waals surface area contributed by atoms with Crippen molar-refractivity contribution in [3.8, 4) is 0 Å². The van der Waals surface area contributed by atoms with Gasteiger partial charge < -0.3 is 10.2 Å². The molecule has 1 fully saturated rings. The van der Waals surface area contributed by atoms with E-state index in [4.69, 9.17) is 0 Å². The standard InChI is InChI=1S/C16H20F2N2O2/c1-2-19-15(21)11-4-3-6-20(7-5-11)16(22)12-8-13(17)10-14(18)9-12/h8-11H,2-7H2,1H3,(H,19,21). The van der Waals surface area contributed by atoms with Gasteiger partial charge in [-0.15, -0.1) is 0 Å². The maximum absolute atomic E-state index is 13.2. The van der Waals surface area contributed by atoms with E-state index in [9.17, 15) is 18.4 Å². The van der Waals surface area contributed by atoms with Gasteiger partial charge in [-0.1, -0.05) is 0 Å². The smallest absolute Gasteiger partial charge is 0.254 e. The van der Waals surface area contributed by atoms with Crippen LogP contribution in [0.2, 0.25) is 0 Å². The average molecular weight is 310 g/mol. The maximum Gasteiger partial charge on any atom is 0.254 e. The summed E-state index contributed by atoms with van der Waals surface area (Å²) in [5.41, 5.74) is 0.00830. The first-order valence-electron chi connectivity index (χ1n) is 7.54. The van der Waals surface area contributed by atoms with Crippen molar-refractivity contribution < 1.29 is 18.4 Å². The van der Waals surface area contributed by atoms with Gasteiger partial charge in [0.1, 0.15) is 11.6 Å². The second-order valence-electron chi connectivity index (χ2n) is 5.47. The Kier molecular flexibility index (Phi) is 5.46. The number of rotatable bonds is 3. The van der Waals surface area contributed by atoms with Crippen LogP contribution in [0.25, 0.3) is 0 Å². The van der Waals surface area contributed by atoms with E-state index < -0.39 is 17.5 Å². The lowest BCUT2D eigenvalue weighted by Gasteiger charge is -2.20. The molecule has 1 aliphatic heterocycles. The number of carbonyl (C=O) groups excluding carboxylic acids is 2. The lowest BCUT2D eigenvalue weighted by molar-refractivity contribution is -0.125. The van der Waals surface area contributed by atoms with E-state index >= 15 is 0 Å². The number of likely N-dealkylation sites (tertiary alicyclic amines) is 1. The normalized spacial score (nSPS) is 18.7. The zero-order valence-corrected chi connectivity index (χ0v) is 12.6. The number of hydrogen-bond donors (Lipinski definition) is 1. The molecule has 1 aromatic carbocycles. The molecule has 1 heterocycles. The summed E-state index contributed by atoms with van der Waals surface area (Å²) in [7, 11) is 0. The van der Waals surface area contributed by atoms with Gasteiger partial charge in [-0.05, 0) is 38.3 Å². The Bertz CT molecular complexity index is 543. The van der Waals surface area contributed by atoms with E-state index in [0.29, 0.717) is 38.9 Å². The van der Waals surface area contributed by atoms with Gasteiger partial charge in [0.2, 0.25) is 5.91 Å². The average Bonchev–Trinajstić information content (AvgIpc) is 2.71. The molecule has 1 aromatic rings. The molecule has 1 atom stereocenters. The number of hydrogen-bond acceptors (Lipinski definition) is 2. The molecule has 4 nitrogen and oxygen atoms in total. The van der Waals surface area contributed by atoms with Gasteiger partial charge in [-0.25, -0.2) is 8.78 Å². The van der Waals surface area contributed by atoms with Crippen molar-refractivity contribution in [2.24, 2.45) is 5.92 Å². The zero-order valence-electron chi connectivity index (χ0n) is 12.6. The Hall–Kier alpha value is -1.98. The predicted molar refractivity (Wildman–Crippen MR) is 78.3 cm³/mol. The molecule has 2 amide bonds. The molecule has 0 aliphatic carbocycles. The van der Waals surface area contributed by atoms with Crippen LogP contribution in [0.5, 0.6) is 0 Å². The van der Waals surface area contributed by atoms with Crippen molar-refractivity contribution in [1.29, 1.82) is 0 Å². The van der Waals surface area contributed by atoms with E-state index in [-0.39, 0.29) is 17.4 Å². The zero-order chi connectivity index (χ0) is 16.1. The minimum absolute atomic E-state index is 0.00796. The van der Waals surface area contributed by atoms with E-state index in [0.717, 1.165) is 18.2 Å². The van der Waals surface area contributed by atoms with Gasteiger partial charge in [-0.2, -0.15) is 0 Å². The van der Waals surface area contributed by atoms with Gasteiger partial charge in [-0.3, -0.25) is 9.59 Å². The molecule has 6 heteroatoms. The first-order chi connectivity index (χ1) is 10.5. The highest BCUT2D eigenvalue weighted by atomic mass is 19.1. The topological polar surface area (TPSA) is 49.4 Å². The van der Waals surface area contributed by atoms with Crippen molar-refractivity contribution in [2.45, 2.75) is 26.2 Å². The molecule has 0 aromatic heterocycles. The highest BCUT2D eigenvalue weighted by Gasteiger charge is 2.25. The summed E-state index contributed by atoms with van der Waals surface area (Å²) in [5, 5.41) is 2.79. The third-order valence-corrected chi connectivity index (χ3v) is 3.85. The number of benzene rings is 1. The number of nitrogens with zero attached hydrogens (tertiary/aromatic N) is 1. The van der Waals surface area contributed by atoms with Crippen LogP contribution in [-0.2, 0) is 4.79 Å². The Morgan fingerprint density at radius 1 is 1.18 bits per heavy atom. The molecule has 1 N–H and O–H groups in total. The van der Waals surface area contributed by atoms with E-state index in [2.05, 4.69) is 5.32 Å². The summed E-state index contributed by atoms with van der Waals surface area (Å²) in [4.78, 5) is 25.8. The summed E-state index contributed by atoms with van der Waals surface area (Å²) < 4.78 is 26.4. The van der Waals surface area contributed by atoms with Crippen molar-refractivity contribution in [1.82, 2.24) is 10.2 Å². The van der Waals surface area contributed by atoms with Crippen LogP contribution in [0.3, 0.4) is 0 Å². The Morgan fingerprint density at radius 2 is 1.86 bits per heavy atom. The largest absolute Gasteiger partial charge is 0.356 e. The van der Waals surface area contributed by atoms with Gasteiger partial charge in [0, 0.05) is 37.2 Å². The Morgan fingerprint density at radius 3 is 2.50 bits per heavy atom. The van der Waals surface area contributed by atoms with E-state index in [1.165, 1.54) is 0 Å². The van der Waals surface area contributed by atoms with Crippen molar-refractivity contribution in [3.63, 3.8) is 0 Å². The van der Waals surface area contributed by atoms with Crippen molar-refractivity contribution >= 4 is 11.8 Å². The van der Waals surface area contributed by atoms with Gasteiger partial charge in [0.15, 0.2) is 0 Å². The molecule has 120 valence electrons. The Labute approximate surface area is 128 Å². The highest BCUT2D eigenvalue weighted by molar-refractivity contribution is 5.94. The molecule has 1 aliphatic rings. The molecule has 0 radical (unpaired) electrons. The lowest BCUT2D eigenvalue weighted by Crippen LogP contribution is -2.34. The molecule has 22 heavy (non-hydrogen) atoms. The fourth-order valence-corrected chi connectivity index (χ4v) is 2.74. The third kappa shape index (κ3) is 4.02. The molecule has 1 unspecified atom stereocenters. The van der Waals surface area contributed by atoms with E-state index in [1.54, 1.807) is 4.90 Å². The summed E-state index contributed by atoms with van der Waals surface area (Å²) in [6.07, 6.45) is 1.98. The first-order valence-corrected chi connectivity index (χ1v) is 7.54. The quantitative estimate of drug-likeness (QED) is 0.931. The summed E-state index contributed by atoms with van der Waals surface area (Å²) >= 11 is 0. The number of carbonyl (C=O) groups is 2. The monoisotopic (exact) mass is 310 g/mol. The summed E-state index contributed by atoms with van der Waals surface area (Å²) in [5.74, 6) is -2.03. The predicted octanol–water partition coefficient (Wildman–Crippen LogP) is 2.34. The van der Waals surface area contributed by atoms with Gasteiger partial charge in [0.05, 0.1) is 0 Å². The lowest BCUT2D eigenvalue weighted by atomic mass is 10.00. The minimum Gasteiger partial charge on any atom is -0.356 e. The van der Waals surface area contributed by atoms with E-state index in [1.807, 2.05) is 6.92 Å². The second-order valence-corrected chi connectivity index (χ2v) is 5.47. The Balaban J connectivity index is 2.04. The fraction of sp³-hybridized carbons (Fsp3) is 0.500. The fourth-order valence-electron chi connectivity index (χ4n) is 2.74. The SMILES string of the molecule is CCNC(=O)C1CCCN(C(=O)c2cc(F)cc(F)c2)CC1. The molecular weight excluding hydrogens is 290 g/mol. The van der Waals surface area contributed by atoms with Crippen LogP contribution in [0.4, 0.5) is 8.78 Å². The number of halogens is 2. The second kappa shape index (κ2) is 7.33. The number of nitrogens with one attached hydrogen (secondary N) is 1. The molecule has 0 bridgehead atoms. The van der Waals surface area contributed by atoms with Crippen LogP contribution in [0, 0.1) is 17.6 Å². The summed E-state index contributed by atoms with van der Waals surface area (Å²) in [6, 6.07) is 2.82. The minimum atomic E-state index is -0.765. The van der Waals surface area contributed by atoms with Crippen LogP contribution in [0.15, 0.2) is 18.2 Å². The van der Waals surface area contributed by atoms with Crippen molar-refractivity contribution in [2.75, 3.05) is 19.6 Å². The van der Waals surface area contributed by atoms with Crippen LogP contribution in [-0.4, -0.2) is 36.3 Å². The van der Waals surface area contributed by atoms with Crippen LogP contribution in [0.1, 0.15) is 36.5 Å². The van der Waals surface area contributed by atoms with Crippen molar-refractivity contribution in [3.05, 3.63) is 35.4 Å². The molecule has 2 rings (SSSR count). The maximum atomic E-state index is 13.2. The summed E-state index contributed by atoms with van der Waals surface area (Å²) in [6.45, 7) is 3.36. The van der Waals surface area contributed by atoms with Crippen LogP contribution < -0.4 is 5.32 Å². The molecule has 0 saturated carbocycles. The molecular formula is C16H20F2N2O2. The number of amides is 2. The van der Waals surface area contributed by atoms with Gasteiger partial charge in [0.25, 0.3) is 5.91 Å². The first kappa shape index (κ1) is 16.4. The third-order valence-electron chi connectivity index (χ3n) is 3.85. The molecule has 1 saturated heterocycles. The molecule has 0 spiro atoms. The van der Waals surface area contributed by atoms with Gasteiger partial charge >= 0.3 is 0 Å². The van der Waals surface area contributed by atoms with Crippen LogP contribution >= 0.6 is 0 Å².